The Bertz CT molecular complexity index is 597. The third-order valence-corrected chi connectivity index (χ3v) is 3.04. The molecule has 0 amide bonds. The van der Waals surface area contributed by atoms with E-state index in [4.69, 9.17) is 21.4 Å². The number of rotatable bonds is 4. The minimum absolute atomic E-state index is 0.224. The van der Waals surface area contributed by atoms with Gasteiger partial charge in [0.25, 0.3) is 0 Å². The largest absolute Gasteiger partial charge is 0.489 e. The molecule has 0 saturated carbocycles. The lowest BCUT2D eigenvalue weighted by Gasteiger charge is -2.15. The predicted molar refractivity (Wildman–Crippen MR) is 73.2 cm³/mol. The van der Waals surface area contributed by atoms with E-state index in [1.807, 2.05) is 6.07 Å². The maximum Gasteiger partial charge on any atom is 0.418 e. The van der Waals surface area contributed by atoms with Crippen LogP contribution in [-0.4, -0.2) is 11.3 Å². The van der Waals surface area contributed by atoms with Crippen molar-refractivity contribution in [1.29, 1.82) is 0 Å². The molecule has 0 aliphatic carbocycles. The van der Waals surface area contributed by atoms with Gasteiger partial charge < -0.3 is 9.84 Å². The fraction of sp³-hybridized carbons (Fsp3) is 0.200. The summed E-state index contributed by atoms with van der Waals surface area (Å²) < 4.78 is 42.5. The van der Waals surface area contributed by atoms with Gasteiger partial charge in [-0.1, -0.05) is 35.9 Å². The molecule has 112 valence electrons. The average Bonchev–Trinajstić information content (AvgIpc) is 2.44. The Morgan fingerprint density at radius 1 is 1.10 bits per heavy atom. The van der Waals surface area contributed by atoms with Gasteiger partial charge in [-0.15, -0.1) is 0 Å². The van der Waals surface area contributed by atoms with Crippen LogP contribution in [0.3, 0.4) is 0 Å². The minimum atomic E-state index is -4.68. The first-order chi connectivity index (χ1) is 9.86. The van der Waals surface area contributed by atoms with Crippen molar-refractivity contribution in [1.82, 2.24) is 0 Å². The van der Waals surface area contributed by atoms with Gasteiger partial charge in [0.15, 0.2) is 6.10 Å². The van der Waals surface area contributed by atoms with Gasteiger partial charge in [-0.25, -0.2) is 0 Å². The van der Waals surface area contributed by atoms with E-state index in [0.717, 1.165) is 5.56 Å². The fourth-order valence-electron chi connectivity index (χ4n) is 1.73. The van der Waals surface area contributed by atoms with E-state index in [9.17, 15) is 13.2 Å². The van der Waals surface area contributed by atoms with Crippen LogP contribution in [0.4, 0.5) is 13.2 Å². The van der Waals surface area contributed by atoms with E-state index in [1.54, 1.807) is 18.2 Å². The first-order valence-electron chi connectivity index (χ1n) is 6.08. The van der Waals surface area contributed by atoms with Gasteiger partial charge in [0.1, 0.15) is 12.4 Å². The summed E-state index contributed by atoms with van der Waals surface area (Å²) in [4.78, 5) is 0. The molecular formula is C15H12ClF3O2. The molecule has 0 radical (unpaired) electrons. The second-order valence-corrected chi connectivity index (χ2v) is 4.87. The number of ether oxygens (including phenoxy) is 1. The van der Waals surface area contributed by atoms with E-state index in [2.05, 4.69) is 0 Å². The topological polar surface area (TPSA) is 29.5 Å². The monoisotopic (exact) mass is 316 g/mol. The lowest BCUT2D eigenvalue weighted by atomic mass is 10.1. The summed E-state index contributed by atoms with van der Waals surface area (Å²) in [5.74, 6) is 0.410. The quantitative estimate of drug-likeness (QED) is 0.899. The number of benzene rings is 2. The highest BCUT2D eigenvalue weighted by Gasteiger charge is 2.39. The fourth-order valence-corrected chi connectivity index (χ4v) is 1.94. The normalized spacial score (nSPS) is 13.0. The van der Waals surface area contributed by atoms with Crippen molar-refractivity contribution in [3.8, 4) is 5.75 Å². The summed E-state index contributed by atoms with van der Waals surface area (Å²) in [6.45, 7) is 0.252. The molecule has 2 nitrogen and oxygen atoms in total. The maximum atomic E-state index is 12.3. The molecule has 1 N–H and O–H groups in total. The lowest BCUT2D eigenvalue weighted by Crippen LogP contribution is -2.19. The summed E-state index contributed by atoms with van der Waals surface area (Å²) in [5.41, 5.74) is 0.625. The van der Waals surface area contributed by atoms with E-state index >= 15 is 0 Å². The molecule has 0 aliphatic rings. The summed E-state index contributed by atoms with van der Waals surface area (Å²) in [6, 6.07) is 12.2. The Morgan fingerprint density at radius 2 is 1.76 bits per heavy atom. The van der Waals surface area contributed by atoms with Crippen LogP contribution in [0.15, 0.2) is 48.5 Å². The van der Waals surface area contributed by atoms with Crippen LogP contribution in [0.5, 0.6) is 5.75 Å². The van der Waals surface area contributed by atoms with Crippen LogP contribution < -0.4 is 4.74 Å². The smallest absolute Gasteiger partial charge is 0.418 e. The molecule has 0 heterocycles. The zero-order valence-corrected chi connectivity index (χ0v) is 11.5. The molecule has 0 aliphatic heterocycles. The highest BCUT2D eigenvalue weighted by molar-refractivity contribution is 6.30. The van der Waals surface area contributed by atoms with Crippen LogP contribution in [-0.2, 0) is 6.61 Å². The maximum absolute atomic E-state index is 12.3. The molecular weight excluding hydrogens is 305 g/mol. The molecule has 0 bridgehead atoms. The molecule has 0 saturated heterocycles. The third kappa shape index (κ3) is 4.37. The molecule has 0 aromatic heterocycles. The SMILES string of the molecule is OC(c1ccc(OCc2cccc(Cl)c2)cc1)C(F)(F)F. The Kier molecular flexibility index (Phi) is 4.75. The van der Waals surface area contributed by atoms with Gasteiger partial charge in [-0.05, 0) is 35.4 Å². The van der Waals surface area contributed by atoms with E-state index in [-0.39, 0.29) is 12.2 Å². The van der Waals surface area contributed by atoms with Gasteiger partial charge in [0, 0.05) is 5.02 Å². The summed E-state index contributed by atoms with van der Waals surface area (Å²) in [5, 5.41) is 9.69. The van der Waals surface area contributed by atoms with Crippen molar-refractivity contribution >= 4 is 11.6 Å². The van der Waals surface area contributed by atoms with Crippen LogP contribution in [0.2, 0.25) is 5.02 Å². The summed E-state index contributed by atoms with van der Waals surface area (Å²) >= 11 is 5.84. The first kappa shape index (κ1) is 15.7. The second-order valence-electron chi connectivity index (χ2n) is 4.43. The van der Waals surface area contributed by atoms with Crippen LogP contribution in [0.25, 0.3) is 0 Å². The number of hydrogen-bond acceptors (Lipinski definition) is 2. The van der Waals surface area contributed by atoms with Crippen molar-refractivity contribution < 1.29 is 23.0 Å². The van der Waals surface area contributed by atoms with Crippen LogP contribution in [0, 0.1) is 0 Å². The molecule has 2 aromatic carbocycles. The van der Waals surface area contributed by atoms with Crippen molar-refractivity contribution in [2.24, 2.45) is 0 Å². The van der Waals surface area contributed by atoms with Gasteiger partial charge in [0.2, 0.25) is 0 Å². The zero-order chi connectivity index (χ0) is 15.5. The number of aliphatic hydroxyl groups is 1. The van der Waals surface area contributed by atoms with E-state index in [0.29, 0.717) is 10.8 Å². The molecule has 2 aromatic rings. The Morgan fingerprint density at radius 3 is 2.33 bits per heavy atom. The summed E-state index contributed by atoms with van der Waals surface area (Å²) in [6.07, 6.45) is -7.16. The zero-order valence-electron chi connectivity index (χ0n) is 10.8. The van der Waals surface area contributed by atoms with E-state index in [1.165, 1.54) is 24.3 Å². The van der Waals surface area contributed by atoms with Gasteiger partial charge in [-0.2, -0.15) is 13.2 Å². The van der Waals surface area contributed by atoms with Crippen molar-refractivity contribution in [2.75, 3.05) is 0 Å². The Labute approximate surface area is 124 Å². The number of alkyl halides is 3. The summed E-state index contributed by atoms with van der Waals surface area (Å²) in [7, 11) is 0. The van der Waals surface area contributed by atoms with Gasteiger partial charge >= 0.3 is 6.18 Å². The average molecular weight is 317 g/mol. The third-order valence-electron chi connectivity index (χ3n) is 2.80. The number of hydrogen-bond donors (Lipinski definition) is 1. The standard InChI is InChI=1S/C15H12ClF3O2/c16-12-3-1-2-10(8-12)9-21-13-6-4-11(5-7-13)14(20)15(17,18)19/h1-8,14,20H,9H2. The second kappa shape index (κ2) is 6.37. The molecule has 21 heavy (non-hydrogen) atoms. The Hall–Kier alpha value is -1.72. The van der Waals surface area contributed by atoms with Crippen LogP contribution in [0.1, 0.15) is 17.2 Å². The van der Waals surface area contributed by atoms with Gasteiger partial charge in [0.05, 0.1) is 0 Å². The number of halogens is 4. The van der Waals surface area contributed by atoms with Crippen LogP contribution >= 0.6 is 11.6 Å². The van der Waals surface area contributed by atoms with Crippen molar-refractivity contribution in [3.63, 3.8) is 0 Å². The molecule has 0 fully saturated rings. The minimum Gasteiger partial charge on any atom is -0.489 e. The molecule has 1 atom stereocenters. The predicted octanol–water partition coefficient (Wildman–Crippen LogP) is 4.51. The first-order valence-corrected chi connectivity index (χ1v) is 6.46. The highest BCUT2D eigenvalue weighted by atomic mass is 35.5. The number of aliphatic hydroxyl groups excluding tert-OH is 1. The molecule has 2 rings (SSSR count). The molecule has 1 unspecified atom stereocenters. The van der Waals surface area contributed by atoms with Crippen molar-refractivity contribution in [2.45, 2.75) is 18.9 Å². The Balaban J connectivity index is 2.00. The molecule has 6 heteroatoms. The molecule has 0 spiro atoms. The van der Waals surface area contributed by atoms with Crippen molar-refractivity contribution in [3.05, 3.63) is 64.7 Å². The van der Waals surface area contributed by atoms with Gasteiger partial charge in [-0.3, -0.25) is 0 Å². The highest BCUT2D eigenvalue weighted by Crippen LogP contribution is 2.33. The lowest BCUT2D eigenvalue weighted by molar-refractivity contribution is -0.206. The van der Waals surface area contributed by atoms with E-state index < -0.39 is 12.3 Å².